The fraction of sp³-hybridized carbons (Fsp3) is 0.389. The number of fused-ring (bicyclic) bond motifs is 2. The van der Waals surface area contributed by atoms with Crippen molar-refractivity contribution in [2.45, 2.75) is 45.1 Å². The van der Waals surface area contributed by atoms with Crippen molar-refractivity contribution in [1.82, 2.24) is 9.97 Å². The maximum absolute atomic E-state index is 8.58. The molecule has 2 aromatic rings. The van der Waals surface area contributed by atoms with Gasteiger partial charge in [0.1, 0.15) is 6.07 Å². The number of aromatic nitrogens is 2. The summed E-state index contributed by atoms with van der Waals surface area (Å²) in [6.07, 6.45) is 10.5. The van der Waals surface area contributed by atoms with E-state index in [9.17, 15) is 0 Å². The van der Waals surface area contributed by atoms with Gasteiger partial charge in [-0.3, -0.25) is 9.97 Å². The molecular formula is C18H20N4. The smallest absolute Gasteiger partial charge is 0.101 e. The van der Waals surface area contributed by atoms with Crippen molar-refractivity contribution in [3.63, 3.8) is 0 Å². The van der Waals surface area contributed by atoms with Crippen LogP contribution in [0.25, 0.3) is 0 Å². The van der Waals surface area contributed by atoms with Crippen molar-refractivity contribution in [1.29, 1.82) is 5.26 Å². The maximum atomic E-state index is 8.58. The molecule has 0 fully saturated rings. The second kappa shape index (κ2) is 6.67. The molecule has 0 aromatic carbocycles. The zero-order valence-corrected chi connectivity index (χ0v) is 12.7. The molecule has 112 valence electrons. The Bertz CT molecular complexity index is 716. The Balaban J connectivity index is 0.000000131. The van der Waals surface area contributed by atoms with E-state index in [2.05, 4.69) is 22.1 Å². The minimum atomic E-state index is 0.611. The van der Waals surface area contributed by atoms with E-state index in [1.54, 1.807) is 6.20 Å². The number of hydrogen-bond acceptors (Lipinski definition) is 4. The van der Waals surface area contributed by atoms with Crippen molar-refractivity contribution in [2.24, 2.45) is 5.73 Å². The van der Waals surface area contributed by atoms with Gasteiger partial charge >= 0.3 is 0 Å². The second-order valence-corrected chi connectivity index (χ2v) is 5.80. The summed E-state index contributed by atoms with van der Waals surface area (Å²) in [5.74, 6) is 0. The van der Waals surface area contributed by atoms with Crippen LogP contribution in [0.1, 0.15) is 46.5 Å². The lowest BCUT2D eigenvalue weighted by Gasteiger charge is -1.99. The number of pyridine rings is 2. The highest BCUT2D eigenvalue weighted by atomic mass is 14.7. The number of nitrogens with two attached hydrogens (primary N) is 1. The molecule has 0 amide bonds. The predicted molar refractivity (Wildman–Crippen MR) is 85.1 cm³/mol. The highest BCUT2D eigenvalue weighted by molar-refractivity contribution is 5.35. The molecule has 2 aliphatic carbocycles. The minimum absolute atomic E-state index is 0.611. The summed E-state index contributed by atoms with van der Waals surface area (Å²) in [4.78, 5) is 8.56. The highest BCUT2D eigenvalue weighted by Gasteiger charge is 2.12. The zero-order chi connectivity index (χ0) is 15.4. The third kappa shape index (κ3) is 3.15. The van der Waals surface area contributed by atoms with Crippen LogP contribution in [0, 0.1) is 11.3 Å². The van der Waals surface area contributed by atoms with Crippen LogP contribution in [-0.4, -0.2) is 9.97 Å². The third-order valence-corrected chi connectivity index (χ3v) is 4.26. The van der Waals surface area contributed by atoms with Crippen molar-refractivity contribution in [3.05, 3.63) is 58.2 Å². The van der Waals surface area contributed by atoms with Crippen molar-refractivity contribution >= 4 is 0 Å². The fourth-order valence-electron chi connectivity index (χ4n) is 3.08. The second-order valence-electron chi connectivity index (χ2n) is 5.80. The summed E-state index contributed by atoms with van der Waals surface area (Å²) in [5, 5.41) is 8.58. The van der Waals surface area contributed by atoms with E-state index in [-0.39, 0.29) is 0 Å². The van der Waals surface area contributed by atoms with Crippen LogP contribution in [-0.2, 0) is 32.2 Å². The molecule has 22 heavy (non-hydrogen) atoms. The number of nitriles is 1. The fourth-order valence-corrected chi connectivity index (χ4v) is 3.08. The molecule has 0 unspecified atom stereocenters. The number of rotatable bonds is 1. The predicted octanol–water partition coefficient (Wildman–Crippen LogP) is 2.47. The standard InChI is InChI=1S/C9H12N2.C9H8N2/c2*10-5-7-4-8-2-1-3-9(8)11-6-7/h4,6H,1-3,5,10H2;4,6H,1-3H2. The molecule has 4 heteroatoms. The first-order valence-corrected chi connectivity index (χ1v) is 7.85. The average molecular weight is 292 g/mol. The van der Waals surface area contributed by atoms with Gasteiger partial charge < -0.3 is 5.73 Å². The van der Waals surface area contributed by atoms with Crippen LogP contribution in [0.15, 0.2) is 24.5 Å². The molecule has 0 bridgehead atoms. The van der Waals surface area contributed by atoms with E-state index < -0.39 is 0 Å². The maximum Gasteiger partial charge on any atom is 0.101 e. The molecule has 2 heterocycles. The molecule has 4 nitrogen and oxygen atoms in total. The molecule has 0 radical (unpaired) electrons. The average Bonchev–Trinajstić information content (AvgIpc) is 3.22. The zero-order valence-electron chi connectivity index (χ0n) is 12.7. The van der Waals surface area contributed by atoms with Gasteiger partial charge in [-0.1, -0.05) is 6.07 Å². The number of hydrogen-bond donors (Lipinski definition) is 1. The van der Waals surface area contributed by atoms with E-state index in [1.807, 2.05) is 12.3 Å². The minimum Gasteiger partial charge on any atom is -0.326 e. The monoisotopic (exact) mass is 292 g/mol. The van der Waals surface area contributed by atoms with E-state index in [0.717, 1.165) is 24.8 Å². The molecule has 0 atom stereocenters. The molecule has 0 aliphatic heterocycles. The van der Waals surface area contributed by atoms with Crippen LogP contribution in [0.2, 0.25) is 0 Å². The van der Waals surface area contributed by atoms with Gasteiger partial charge in [0, 0.05) is 30.3 Å². The quantitative estimate of drug-likeness (QED) is 0.876. The molecule has 0 saturated heterocycles. The van der Waals surface area contributed by atoms with E-state index in [1.165, 1.54) is 41.8 Å². The van der Waals surface area contributed by atoms with E-state index in [4.69, 9.17) is 11.0 Å². The van der Waals surface area contributed by atoms with Gasteiger partial charge in [-0.2, -0.15) is 5.26 Å². The summed E-state index contributed by atoms with van der Waals surface area (Å²) in [6.45, 7) is 0.611. The molecular weight excluding hydrogens is 272 g/mol. The summed E-state index contributed by atoms with van der Waals surface area (Å²) in [6, 6.07) is 6.24. The van der Waals surface area contributed by atoms with Gasteiger partial charge in [-0.05, 0) is 61.3 Å². The first-order valence-electron chi connectivity index (χ1n) is 7.85. The van der Waals surface area contributed by atoms with Crippen molar-refractivity contribution in [2.75, 3.05) is 0 Å². The summed E-state index contributed by atoms with van der Waals surface area (Å²) < 4.78 is 0. The molecule has 2 aromatic heterocycles. The summed E-state index contributed by atoms with van der Waals surface area (Å²) in [5.41, 5.74) is 12.5. The van der Waals surface area contributed by atoms with Crippen LogP contribution >= 0.6 is 0 Å². The van der Waals surface area contributed by atoms with Gasteiger partial charge in [0.25, 0.3) is 0 Å². The molecule has 2 aliphatic rings. The lowest BCUT2D eigenvalue weighted by molar-refractivity contribution is 0.899. The van der Waals surface area contributed by atoms with Gasteiger partial charge in [0.2, 0.25) is 0 Å². The molecule has 4 rings (SSSR count). The van der Waals surface area contributed by atoms with E-state index >= 15 is 0 Å². The van der Waals surface area contributed by atoms with Gasteiger partial charge in [0.15, 0.2) is 0 Å². The van der Waals surface area contributed by atoms with Crippen LogP contribution in [0.5, 0.6) is 0 Å². The van der Waals surface area contributed by atoms with Gasteiger partial charge in [-0.15, -0.1) is 0 Å². The van der Waals surface area contributed by atoms with Gasteiger partial charge in [0.05, 0.1) is 5.56 Å². The topological polar surface area (TPSA) is 75.6 Å². The molecule has 0 saturated carbocycles. The molecule has 0 spiro atoms. The van der Waals surface area contributed by atoms with Crippen LogP contribution in [0.3, 0.4) is 0 Å². The first-order chi connectivity index (χ1) is 10.8. The number of aryl methyl sites for hydroxylation is 4. The normalized spacial score (nSPS) is 14.5. The highest BCUT2D eigenvalue weighted by Crippen LogP contribution is 2.20. The number of nitrogens with zero attached hydrogens (tertiary/aromatic N) is 3. The van der Waals surface area contributed by atoms with Gasteiger partial charge in [-0.25, -0.2) is 0 Å². The SMILES string of the molecule is N#Cc1cnc2c(c1)CCC2.NCc1cnc2c(c1)CCC2. The summed E-state index contributed by atoms with van der Waals surface area (Å²) in [7, 11) is 0. The van der Waals surface area contributed by atoms with Crippen molar-refractivity contribution < 1.29 is 0 Å². The molecule has 2 N–H and O–H groups in total. The Hall–Kier alpha value is -2.25. The Morgan fingerprint density at radius 2 is 1.59 bits per heavy atom. The van der Waals surface area contributed by atoms with Crippen LogP contribution < -0.4 is 5.73 Å². The lowest BCUT2D eigenvalue weighted by Crippen LogP contribution is -1.99. The summed E-state index contributed by atoms with van der Waals surface area (Å²) >= 11 is 0. The van der Waals surface area contributed by atoms with Crippen molar-refractivity contribution in [3.8, 4) is 6.07 Å². The largest absolute Gasteiger partial charge is 0.326 e. The Labute approximate surface area is 131 Å². The Morgan fingerprint density at radius 1 is 0.955 bits per heavy atom. The Morgan fingerprint density at radius 3 is 2.23 bits per heavy atom. The van der Waals surface area contributed by atoms with Crippen LogP contribution in [0.4, 0.5) is 0 Å². The first kappa shape index (κ1) is 14.7. The van der Waals surface area contributed by atoms with E-state index in [0.29, 0.717) is 12.1 Å². The lowest BCUT2D eigenvalue weighted by atomic mass is 10.1. The Kier molecular flexibility index (Phi) is 4.45. The third-order valence-electron chi connectivity index (χ3n) is 4.26.